The highest BCUT2D eigenvalue weighted by atomic mass is 35.5. The van der Waals surface area contributed by atoms with Crippen LogP contribution in [0.1, 0.15) is 16.7 Å². The van der Waals surface area contributed by atoms with E-state index in [-0.39, 0.29) is 24.1 Å². The predicted octanol–water partition coefficient (Wildman–Crippen LogP) is 4.02. The Balaban J connectivity index is 1.27. The average Bonchev–Trinajstić information content (AvgIpc) is 3.35. The maximum absolute atomic E-state index is 13.2. The van der Waals surface area contributed by atoms with Gasteiger partial charge in [-0.15, -0.1) is 5.10 Å². The number of ether oxygens (including phenoxy) is 1. The van der Waals surface area contributed by atoms with Gasteiger partial charge >= 0.3 is 6.01 Å². The first kappa shape index (κ1) is 23.3. The third-order valence-corrected chi connectivity index (χ3v) is 6.63. The molecule has 4 aromatic rings. The molecular formula is C27H23ClN6O3. The summed E-state index contributed by atoms with van der Waals surface area (Å²) in [7, 11) is 0. The second kappa shape index (κ2) is 10.1. The van der Waals surface area contributed by atoms with Crippen molar-refractivity contribution in [2.45, 2.75) is 12.6 Å². The normalized spacial score (nSPS) is 17.6. The summed E-state index contributed by atoms with van der Waals surface area (Å²) in [6.07, 6.45) is 1.06. The minimum atomic E-state index is -0.900. The minimum Gasteiger partial charge on any atom is -0.402 e. The van der Waals surface area contributed by atoms with Crippen molar-refractivity contribution in [3.05, 3.63) is 88.6 Å². The van der Waals surface area contributed by atoms with Crippen molar-refractivity contribution in [2.24, 2.45) is 4.99 Å². The molecule has 0 radical (unpaired) electrons. The van der Waals surface area contributed by atoms with E-state index in [1.165, 1.54) is 0 Å². The molecule has 6 rings (SSSR count). The fraction of sp³-hybridized carbons (Fsp3) is 0.222. The van der Waals surface area contributed by atoms with Gasteiger partial charge in [-0.25, -0.2) is 4.98 Å². The van der Waals surface area contributed by atoms with Crippen LogP contribution in [0.5, 0.6) is 0 Å². The van der Waals surface area contributed by atoms with Gasteiger partial charge in [-0.1, -0.05) is 71.3 Å². The van der Waals surface area contributed by atoms with Crippen LogP contribution in [0.15, 0.2) is 76.3 Å². The number of carbonyl (C=O) groups excluding carboxylic acids is 1. The SMILES string of the molecule is O=C1Cc2ccccc2C(c2ccccc2)=NC1Nc1nnc(-c2ncc(N3CCOCC3)cc2Cl)o1. The number of fused-ring (bicyclic) bond motifs is 1. The van der Waals surface area contributed by atoms with Crippen molar-refractivity contribution >= 4 is 34.8 Å². The van der Waals surface area contributed by atoms with E-state index in [0.29, 0.717) is 23.9 Å². The van der Waals surface area contributed by atoms with Crippen molar-refractivity contribution in [2.75, 3.05) is 36.5 Å². The van der Waals surface area contributed by atoms with Crippen molar-refractivity contribution in [3.8, 4) is 11.6 Å². The smallest absolute Gasteiger partial charge is 0.317 e. The molecule has 9 nitrogen and oxygen atoms in total. The molecule has 0 amide bonds. The molecule has 1 fully saturated rings. The van der Waals surface area contributed by atoms with Crippen LogP contribution in [-0.2, 0) is 16.0 Å². The predicted molar refractivity (Wildman–Crippen MR) is 140 cm³/mol. The summed E-state index contributed by atoms with van der Waals surface area (Å²) in [6, 6.07) is 19.5. The number of halogens is 1. The second-order valence-electron chi connectivity index (χ2n) is 8.73. The first-order chi connectivity index (χ1) is 18.2. The number of Topliss-reactive ketones (excluding diaryl/α,β-unsaturated/α-hetero) is 1. The van der Waals surface area contributed by atoms with Gasteiger partial charge in [0.25, 0.3) is 5.89 Å². The summed E-state index contributed by atoms with van der Waals surface area (Å²) >= 11 is 6.52. The highest BCUT2D eigenvalue weighted by molar-refractivity contribution is 6.33. The summed E-state index contributed by atoms with van der Waals surface area (Å²) in [5.74, 6) is 0.0433. The highest BCUT2D eigenvalue weighted by Crippen LogP contribution is 2.30. The monoisotopic (exact) mass is 514 g/mol. The second-order valence-corrected chi connectivity index (χ2v) is 9.13. The molecule has 2 aliphatic heterocycles. The molecule has 1 N–H and O–H groups in total. The molecule has 10 heteroatoms. The van der Waals surface area contributed by atoms with E-state index in [0.717, 1.165) is 41.2 Å². The molecule has 4 heterocycles. The summed E-state index contributed by atoms with van der Waals surface area (Å²) in [6.45, 7) is 2.88. The molecule has 1 atom stereocenters. The van der Waals surface area contributed by atoms with E-state index in [2.05, 4.69) is 25.4 Å². The molecule has 2 aromatic heterocycles. The first-order valence-electron chi connectivity index (χ1n) is 12.0. The van der Waals surface area contributed by atoms with Gasteiger partial charge in [0, 0.05) is 30.6 Å². The number of hydrogen-bond donors (Lipinski definition) is 1. The Kier molecular flexibility index (Phi) is 6.38. The maximum Gasteiger partial charge on any atom is 0.317 e. The molecule has 1 saturated heterocycles. The lowest BCUT2D eigenvalue weighted by molar-refractivity contribution is -0.119. The zero-order valence-corrected chi connectivity index (χ0v) is 20.6. The zero-order valence-electron chi connectivity index (χ0n) is 19.8. The van der Waals surface area contributed by atoms with Crippen molar-refractivity contribution < 1.29 is 13.9 Å². The number of pyridine rings is 1. The molecule has 0 spiro atoms. The molecule has 1 unspecified atom stereocenters. The van der Waals surface area contributed by atoms with Crippen LogP contribution in [-0.4, -0.2) is 59.1 Å². The third kappa shape index (κ3) is 4.83. The van der Waals surface area contributed by atoms with Crippen LogP contribution in [0, 0.1) is 0 Å². The standard InChI is InChI=1S/C27H23ClN6O3/c28-21-15-19(34-10-12-36-13-11-34)16-29-24(21)26-32-33-27(37-26)31-25-22(35)14-18-8-4-5-9-20(18)23(30-25)17-6-2-1-3-7-17/h1-9,15-16,25H,10-14H2,(H,31,33). The minimum absolute atomic E-state index is 0.0607. The van der Waals surface area contributed by atoms with E-state index in [9.17, 15) is 4.79 Å². The Bertz CT molecular complexity index is 1470. The average molecular weight is 515 g/mol. The van der Waals surface area contributed by atoms with Gasteiger partial charge in [-0.3, -0.25) is 9.79 Å². The lowest BCUT2D eigenvalue weighted by Gasteiger charge is -2.28. The fourth-order valence-electron chi connectivity index (χ4n) is 4.47. The fourth-order valence-corrected chi connectivity index (χ4v) is 4.71. The number of nitrogens with zero attached hydrogens (tertiary/aromatic N) is 5. The van der Waals surface area contributed by atoms with Crippen molar-refractivity contribution in [1.29, 1.82) is 0 Å². The number of morpholine rings is 1. The highest BCUT2D eigenvalue weighted by Gasteiger charge is 2.27. The van der Waals surface area contributed by atoms with Gasteiger partial charge in [-0.05, 0) is 11.6 Å². The summed E-state index contributed by atoms with van der Waals surface area (Å²) in [4.78, 5) is 24.6. The van der Waals surface area contributed by atoms with E-state index in [1.807, 2.05) is 60.7 Å². The van der Waals surface area contributed by atoms with Gasteiger partial charge in [0.05, 0.1) is 35.8 Å². The van der Waals surface area contributed by atoms with Crippen LogP contribution in [0.2, 0.25) is 5.02 Å². The largest absolute Gasteiger partial charge is 0.402 e. The first-order valence-corrected chi connectivity index (χ1v) is 12.4. The topological polar surface area (TPSA) is 106 Å². The van der Waals surface area contributed by atoms with Gasteiger partial charge in [0.1, 0.15) is 5.69 Å². The molecule has 0 bridgehead atoms. The molecule has 37 heavy (non-hydrogen) atoms. The van der Waals surface area contributed by atoms with Crippen molar-refractivity contribution in [1.82, 2.24) is 15.2 Å². The molecule has 186 valence electrons. The number of hydrogen-bond acceptors (Lipinski definition) is 9. The zero-order chi connectivity index (χ0) is 25.2. The lowest BCUT2D eigenvalue weighted by atomic mass is 9.96. The van der Waals surface area contributed by atoms with Gasteiger partial charge in [0.2, 0.25) is 0 Å². The number of carbonyl (C=O) groups is 1. The van der Waals surface area contributed by atoms with Crippen LogP contribution in [0.4, 0.5) is 11.7 Å². The molecule has 2 aliphatic rings. The Morgan fingerprint density at radius 1 is 1.00 bits per heavy atom. The van der Waals surface area contributed by atoms with Crippen LogP contribution >= 0.6 is 11.6 Å². The summed E-state index contributed by atoms with van der Waals surface area (Å²) in [5.41, 5.74) is 4.76. The number of aliphatic imine (C=N–C) groups is 1. The van der Waals surface area contributed by atoms with Crippen LogP contribution in [0.25, 0.3) is 11.6 Å². The number of anilines is 2. The Morgan fingerprint density at radius 3 is 2.59 bits per heavy atom. The van der Waals surface area contributed by atoms with E-state index < -0.39 is 6.17 Å². The number of ketones is 1. The Hall–Kier alpha value is -4.08. The summed E-state index contributed by atoms with van der Waals surface area (Å²) < 4.78 is 11.2. The van der Waals surface area contributed by atoms with Crippen molar-refractivity contribution in [3.63, 3.8) is 0 Å². The summed E-state index contributed by atoms with van der Waals surface area (Å²) in [5, 5.41) is 11.6. The molecule has 0 saturated carbocycles. The van der Waals surface area contributed by atoms with Gasteiger partial charge < -0.3 is 19.4 Å². The van der Waals surface area contributed by atoms with Crippen LogP contribution in [0.3, 0.4) is 0 Å². The van der Waals surface area contributed by atoms with Gasteiger partial charge in [-0.2, -0.15) is 0 Å². The molecule has 0 aliphatic carbocycles. The molecular weight excluding hydrogens is 492 g/mol. The van der Waals surface area contributed by atoms with E-state index >= 15 is 0 Å². The maximum atomic E-state index is 13.2. The Morgan fingerprint density at radius 2 is 1.78 bits per heavy atom. The third-order valence-electron chi connectivity index (χ3n) is 6.34. The van der Waals surface area contributed by atoms with Gasteiger partial charge in [0.15, 0.2) is 11.9 Å². The van der Waals surface area contributed by atoms with E-state index in [1.54, 1.807) is 6.20 Å². The number of aromatic nitrogens is 3. The number of rotatable bonds is 5. The van der Waals surface area contributed by atoms with Crippen LogP contribution < -0.4 is 10.2 Å². The van der Waals surface area contributed by atoms with E-state index in [4.69, 9.17) is 25.7 Å². The Labute approximate surface area is 218 Å². The number of nitrogens with one attached hydrogen (secondary N) is 1. The quantitative estimate of drug-likeness (QED) is 0.425. The number of benzene rings is 2. The molecule has 2 aromatic carbocycles. The lowest BCUT2D eigenvalue weighted by Crippen LogP contribution is -2.36.